The number of aromatic nitrogens is 3. The average molecular weight is 205 g/mol. The zero-order valence-electron chi connectivity index (χ0n) is 8.51. The maximum absolute atomic E-state index is 10.8. The molecule has 2 aromatic rings. The molecule has 0 spiro atoms. The highest BCUT2D eigenvalue weighted by Gasteiger charge is 2.13. The molecule has 15 heavy (non-hydrogen) atoms. The summed E-state index contributed by atoms with van der Waals surface area (Å²) in [5.74, 6) is -0.967. The Hall–Kier alpha value is -2.04. The highest BCUT2D eigenvalue weighted by atomic mass is 16.4. The lowest BCUT2D eigenvalue weighted by Gasteiger charge is -1.97. The van der Waals surface area contributed by atoms with Crippen LogP contribution in [-0.4, -0.2) is 25.4 Å². The summed E-state index contributed by atoms with van der Waals surface area (Å²) < 4.78 is 3.26. The van der Waals surface area contributed by atoms with Crippen LogP contribution in [0.2, 0.25) is 0 Å². The van der Waals surface area contributed by atoms with Gasteiger partial charge in [0.25, 0.3) is 0 Å². The number of aromatic carboxylic acids is 1. The van der Waals surface area contributed by atoms with Crippen LogP contribution in [-0.2, 0) is 14.1 Å². The van der Waals surface area contributed by atoms with Crippen LogP contribution in [0.15, 0.2) is 24.4 Å². The summed E-state index contributed by atoms with van der Waals surface area (Å²) in [5, 5.41) is 13.0. The topological polar surface area (TPSA) is 60.1 Å². The van der Waals surface area contributed by atoms with E-state index in [9.17, 15) is 4.79 Å². The number of hydrogen-bond acceptors (Lipinski definition) is 2. The fourth-order valence-electron chi connectivity index (χ4n) is 1.52. The minimum atomic E-state index is -0.967. The van der Waals surface area contributed by atoms with Crippen LogP contribution in [0.1, 0.15) is 10.5 Å². The largest absolute Gasteiger partial charge is 0.477 e. The molecule has 0 fully saturated rings. The molecule has 0 atom stereocenters. The molecule has 0 saturated heterocycles. The molecular formula is C10H11N3O2. The minimum Gasteiger partial charge on any atom is -0.477 e. The third-order valence-electron chi connectivity index (χ3n) is 2.31. The summed E-state index contributed by atoms with van der Waals surface area (Å²) in [6.07, 6.45) is 1.89. The lowest BCUT2D eigenvalue weighted by Crippen LogP contribution is -2.04. The van der Waals surface area contributed by atoms with Crippen LogP contribution in [0.3, 0.4) is 0 Å². The summed E-state index contributed by atoms with van der Waals surface area (Å²) in [4.78, 5) is 10.8. The molecule has 0 aliphatic heterocycles. The van der Waals surface area contributed by atoms with Crippen LogP contribution >= 0.6 is 0 Å². The van der Waals surface area contributed by atoms with Gasteiger partial charge in [-0.1, -0.05) is 0 Å². The maximum Gasteiger partial charge on any atom is 0.354 e. The van der Waals surface area contributed by atoms with Gasteiger partial charge in [0, 0.05) is 26.4 Å². The molecule has 0 radical (unpaired) electrons. The second-order valence-electron chi connectivity index (χ2n) is 3.35. The van der Waals surface area contributed by atoms with Gasteiger partial charge in [-0.15, -0.1) is 0 Å². The molecule has 1 N–H and O–H groups in total. The van der Waals surface area contributed by atoms with Crippen LogP contribution in [0.25, 0.3) is 11.4 Å². The fraction of sp³-hybridized carbons (Fsp3) is 0.200. The summed E-state index contributed by atoms with van der Waals surface area (Å²) in [6, 6.07) is 5.36. The van der Waals surface area contributed by atoms with E-state index in [-0.39, 0.29) is 5.69 Å². The van der Waals surface area contributed by atoms with E-state index in [1.807, 2.05) is 29.9 Å². The molecule has 0 unspecified atom stereocenters. The second-order valence-corrected chi connectivity index (χ2v) is 3.35. The molecular weight excluding hydrogens is 194 g/mol. The number of carbonyl (C=O) groups is 1. The van der Waals surface area contributed by atoms with Gasteiger partial charge in [0.2, 0.25) is 0 Å². The summed E-state index contributed by atoms with van der Waals surface area (Å²) >= 11 is 0. The lowest BCUT2D eigenvalue weighted by atomic mass is 10.3. The smallest absolute Gasteiger partial charge is 0.354 e. The molecule has 0 aliphatic carbocycles. The first-order valence-electron chi connectivity index (χ1n) is 4.48. The number of rotatable bonds is 2. The highest BCUT2D eigenvalue weighted by molar-refractivity contribution is 5.87. The molecule has 5 heteroatoms. The highest BCUT2D eigenvalue weighted by Crippen LogP contribution is 2.18. The van der Waals surface area contributed by atoms with Crippen LogP contribution in [0.5, 0.6) is 0 Å². The quantitative estimate of drug-likeness (QED) is 0.799. The number of carboxylic acid groups (broad SMARTS) is 1. The molecule has 0 aromatic carbocycles. The predicted octanol–water partition coefficient (Wildman–Crippen LogP) is 1.12. The third-order valence-corrected chi connectivity index (χ3v) is 2.31. The number of aryl methyl sites for hydroxylation is 2. The van der Waals surface area contributed by atoms with Crippen molar-refractivity contribution in [3.63, 3.8) is 0 Å². The minimum absolute atomic E-state index is 0.186. The Morgan fingerprint density at radius 2 is 2.20 bits per heavy atom. The van der Waals surface area contributed by atoms with Gasteiger partial charge in [0.05, 0.1) is 5.69 Å². The molecule has 5 nitrogen and oxygen atoms in total. The van der Waals surface area contributed by atoms with Crippen molar-refractivity contribution in [1.29, 1.82) is 0 Å². The Morgan fingerprint density at radius 1 is 1.47 bits per heavy atom. The van der Waals surface area contributed by atoms with Gasteiger partial charge < -0.3 is 9.67 Å². The van der Waals surface area contributed by atoms with Crippen molar-refractivity contribution in [1.82, 2.24) is 14.3 Å². The van der Waals surface area contributed by atoms with Crippen LogP contribution in [0.4, 0.5) is 0 Å². The van der Waals surface area contributed by atoms with E-state index in [4.69, 9.17) is 5.11 Å². The third kappa shape index (κ3) is 1.52. The Labute approximate surface area is 86.6 Å². The fourth-order valence-corrected chi connectivity index (χ4v) is 1.52. The lowest BCUT2D eigenvalue weighted by molar-refractivity contribution is 0.0685. The van der Waals surface area contributed by atoms with Crippen molar-refractivity contribution >= 4 is 5.97 Å². The van der Waals surface area contributed by atoms with Crippen molar-refractivity contribution in [2.24, 2.45) is 14.1 Å². The van der Waals surface area contributed by atoms with Gasteiger partial charge in [0.1, 0.15) is 11.4 Å². The monoisotopic (exact) mass is 205 g/mol. The van der Waals surface area contributed by atoms with Crippen molar-refractivity contribution < 1.29 is 9.90 Å². The molecule has 0 bridgehead atoms. The average Bonchev–Trinajstić information content (AvgIpc) is 2.71. The molecule has 78 valence electrons. The first kappa shape index (κ1) is 9.51. The molecule has 0 aliphatic rings. The van der Waals surface area contributed by atoms with E-state index in [1.165, 1.54) is 4.68 Å². The Morgan fingerprint density at radius 3 is 2.67 bits per heavy atom. The van der Waals surface area contributed by atoms with Crippen molar-refractivity contribution in [2.75, 3.05) is 0 Å². The Bertz CT molecular complexity index is 510. The van der Waals surface area contributed by atoms with Crippen molar-refractivity contribution in [2.45, 2.75) is 0 Å². The summed E-state index contributed by atoms with van der Waals surface area (Å²) in [5.41, 5.74) is 1.76. The first-order valence-corrected chi connectivity index (χ1v) is 4.48. The van der Waals surface area contributed by atoms with E-state index in [0.29, 0.717) is 5.69 Å². The molecule has 2 heterocycles. The number of carboxylic acids is 1. The van der Waals surface area contributed by atoms with Crippen LogP contribution < -0.4 is 0 Å². The van der Waals surface area contributed by atoms with E-state index in [1.54, 1.807) is 13.1 Å². The standard InChI is InChI=1S/C10H11N3O2/c1-12-5-3-4-8(12)7-6-9(10(14)15)13(2)11-7/h3-6H,1-2H3,(H,14,15). The van der Waals surface area contributed by atoms with E-state index in [2.05, 4.69) is 5.10 Å². The normalized spacial score (nSPS) is 10.5. The molecule has 0 saturated carbocycles. The van der Waals surface area contributed by atoms with Gasteiger partial charge in [-0.25, -0.2) is 4.79 Å². The van der Waals surface area contributed by atoms with E-state index >= 15 is 0 Å². The predicted molar refractivity (Wildman–Crippen MR) is 54.6 cm³/mol. The molecule has 2 aromatic heterocycles. The zero-order valence-corrected chi connectivity index (χ0v) is 8.51. The second kappa shape index (κ2) is 3.27. The van der Waals surface area contributed by atoms with Gasteiger partial charge in [-0.05, 0) is 12.1 Å². The van der Waals surface area contributed by atoms with Crippen molar-refractivity contribution in [3.8, 4) is 11.4 Å². The Balaban J connectivity index is 2.52. The van der Waals surface area contributed by atoms with Crippen LogP contribution in [0, 0.1) is 0 Å². The Kier molecular flexibility index (Phi) is 2.07. The van der Waals surface area contributed by atoms with Gasteiger partial charge in [0.15, 0.2) is 0 Å². The SMILES string of the molecule is Cn1cccc1-c1cc(C(=O)O)n(C)n1. The number of hydrogen-bond donors (Lipinski definition) is 1. The number of nitrogens with zero attached hydrogens (tertiary/aromatic N) is 3. The first-order chi connectivity index (χ1) is 7.09. The van der Waals surface area contributed by atoms with Crippen molar-refractivity contribution in [3.05, 3.63) is 30.1 Å². The summed E-state index contributed by atoms with van der Waals surface area (Å²) in [7, 11) is 3.51. The van der Waals surface area contributed by atoms with Gasteiger partial charge in [-0.3, -0.25) is 4.68 Å². The van der Waals surface area contributed by atoms with Gasteiger partial charge >= 0.3 is 5.97 Å². The summed E-state index contributed by atoms with van der Waals surface area (Å²) in [6.45, 7) is 0. The zero-order chi connectivity index (χ0) is 11.0. The molecule has 2 rings (SSSR count). The van der Waals surface area contributed by atoms with E-state index < -0.39 is 5.97 Å². The van der Waals surface area contributed by atoms with Gasteiger partial charge in [-0.2, -0.15) is 5.10 Å². The van der Waals surface area contributed by atoms with E-state index in [0.717, 1.165) is 5.69 Å². The maximum atomic E-state index is 10.8. The molecule has 0 amide bonds.